The Labute approximate surface area is 128 Å². The van der Waals surface area contributed by atoms with Crippen LogP contribution in [0.25, 0.3) is 0 Å². The van der Waals surface area contributed by atoms with Gasteiger partial charge in [0.2, 0.25) is 6.79 Å². The summed E-state index contributed by atoms with van der Waals surface area (Å²) in [7, 11) is 0. The van der Waals surface area contributed by atoms with Crippen molar-refractivity contribution in [2.45, 2.75) is 26.5 Å². The van der Waals surface area contributed by atoms with Gasteiger partial charge in [-0.25, -0.2) is 0 Å². The molecule has 2 aromatic rings. The van der Waals surface area contributed by atoms with Crippen molar-refractivity contribution < 1.29 is 14.6 Å². The summed E-state index contributed by atoms with van der Waals surface area (Å²) < 4.78 is 10.6. The lowest BCUT2D eigenvalue weighted by Gasteiger charge is -2.12. The van der Waals surface area contributed by atoms with Crippen molar-refractivity contribution in [3.8, 4) is 11.5 Å². The average Bonchev–Trinajstić information content (AvgIpc) is 3.05. The van der Waals surface area contributed by atoms with E-state index in [0.717, 1.165) is 17.9 Å². The lowest BCUT2D eigenvalue weighted by molar-refractivity contribution is 0.170. The molecule has 0 amide bonds. The molecule has 2 heterocycles. The molecule has 4 nitrogen and oxygen atoms in total. The van der Waals surface area contributed by atoms with Crippen molar-refractivity contribution in [1.29, 1.82) is 0 Å². The normalized spacial score (nSPS) is 14.4. The topological polar surface area (TPSA) is 50.7 Å². The Morgan fingerprint density at radius 3 is 2.81 bits per heavy atom. The number of hydrogen-bond acceptors (Lipinski definition) is 5. The molecule has 0 fully saturated rings. The molecular weight excluding hydrogens is 286 g/mol. The highest BCUT2D eigenvalue weighted by Crippen LogP contribution is 2.34. The Bertz CT molecular complexity index is 619. The second-order valence-corrected chi connectivity index (χ2v) is 6.55. The first-order valence-corrected chi connectivity index (χ1v) is 7.79. The van der Waals surface area contributed by atoms with E-state index >= 15 is 0 Å². The third kappa shape index (κ3) is 3.20. The molecule has 1 atom stereocenters. The van der Waals surface area contributed by atoms with Crippen LogP contribution in [-0.2, 0) is 6.54 Å². The molecule has 0 bridgehead atoms. The fraction of sp³-hybridized carbons (Fsp3) is 0.375. The summed E-state index contributed by atoms with van der Waals surface area (Å²) >= 11 is 1.80. The zero-order valence-electron chi connectivity index (χ0n) is 12.2. The summed E-state index contributed by atoms with van der Waals surface area (Å²) in [5.41, 5.74) is 2.17. The number of aliphatic hydroxyl groups is 1. The summed E-state index contributed by atoms with van der Waals surface area (Å²) in [4.78, 5) is 2.64. The Kier molecular flexibility index (Phi) is 4.14. The molecule has 0 saturated carbocycles. The van der Waals surface area contributed by atoms with Crippen molar-refractivity contribution in [3.63, 3.8) is 0 Å². The fourth-order valence-electron chi connectivity index (χ4n) is 2.31. The van der Waals surface area contributed by atoms with Gasteiger partial charge in [0.1, 0.15) is 0 Å². The first kappa shape index (κ1) is 14.4. The number of aryl methyl sites for hydroxylation is 2. The first-order chi connectivity index (χ1) is 10.1. The minimum absolute atomic E-state index is 0.254. The van der Waals surface area contributed by atoms with Gasteiger partial charge in [-0.05, 0) is 43.2 Å². The van der Waals surface area contributed by atoms with E-state index in [1.165, 1.54) is 15.3 Å². The molecule has 1 aromatic heterocycles. The average molecular weight is 305 g/mol. The number of ether oxygens (including phenoxy) is 2. The van der Waals surface area contributed by atoms with Crippen LogP contribution in [0.1, 0.15) is 27.0 Å². The molecule has 1 aliphatic heterocycles. The number of fused-ring (bicyclic) bond motifs is 1. The van der Waals surface area contributed by atoms with Gasteiger partial charge in [-0.1, -0.05) is 6.07 Å². The standard InChI is InChI=1S/C16H19NO3S/c1-10-5-13(21-11(10)2)7-17-8-14(18)12-3-4-15-16(6-12)20-9-19-15/h3-6,14,17-18H,7-9H2,1-2H3. The van der Waals surface area contributed by atoms with Gasteiger partial charge in [0.15, 0.2) is 11.5 Å². The highest BCUT2D eigenvalue weighted by Gasteiger charge is 2.16. The summed E-state index contributed by atoms with van der Waals surface area (Å²) in [5, 5.41) is 13.5. The van der Waals surface area contributed by atoms with E-state index in [2.05, 4.69) is 25.2 Å². The SMILES string of the molecule is Cc1cc(CNCC(O)c2ccc3c(c2)OCO3)sc1C. The highest BCUT2D eigenvalue weighted by atomic mass is 32.1. The first-order valence-electron chi connectivity index (χ1n) is 6.98. The number of hydrogen-bond donors (Lipinski definition) is 2. The van der Waals surface area contributed by atoms with E-state index in [-0.39, 0.29) is 6.79 Å². The molecule has 0 saturated heterocycles. The summed E-state index contributed by atoms with van der Waals surface area (Å²) in [5.74, 6) is 1.44. The number of benzene rings is 1. The zero-order valence-corrected chi connectivity index (χ0v) is 13.0. The van der Waals surface area contributed by atoms with E-state index in [0.29, 0.717) is 12.3 Å². The number of thiophene rings is 1. The Hall–Kier alpha value is -1.56. The van der Waals surface area contributed by atoms with E-state index in [1.54, 1.807) is 11.3 Å². The largest absolute Gasteiger partial charge is 0.454 e. The van der Waals surface area contributed by atoms with Gasteiger partial charge in [-0.15, -0.1) is 11.3 Å². The molecule has 21 heavy (non-hydrogen) atoms. The maximum absolute atomic E-state index is 10.2. The second-order valence-electron chi connectivity index (χ2n) is 5.21. The Balaban J connectivity index is 1.55. The van der Waals surface area contributed by atoms with Gasteiger partial charge in [-0.2, -0.15) is 0 Å². The molecule has 0 spiro atoms. The van der Waals surface area contributed by atoms with Crippen LogP contribution in [0.5, 0.6) is 11.5 Å². The smallest absolute Gasteiger partial charge is 0.231 e. The molecule has 5 heteroatoms. The Morgan fingerprint density at radius 1 is 1.24 bits per heavy atom. The zero-order chi connectivity index (χ0) is 14.8. The molecular formula is C16H19NO3S. The van der Waals surface area contributed by atoms with Crippen molar-refractivity contribution in [2.75, 3.05) is 13.3 Å². The van der Waals surface area contributed by atoms with Gasteiger partial charge in [-0.3, -0.25) is 0 Å². The van der Waals surface area contributed by atoms with Crippen LogP contribution in [0, 0.1) is 13.8 Å². The van der Waals surface area contributed by atoms with E-state index in [9.17, 15) is 5.11 Å². The van der Waals surface area contributed by atoms with Crippen LogP contribution in [-0.4, -0.2) is 18.4 Å². The molecule has 0 aliphatic carbocycles. The fourth-order valence-corrected chi connectivity index (χ4v) is 3.33. The summed E-state index contributed by atoms with van der Waals surface area (Å²) in [6.07, 6.45) is -0.554. The van der Waals surface area contributed by atoms with Crippen LogP contribution in [0.3, 0.4) is 0 Å². The third-order valence-corrected chi connectivity index (χ3v) is 4.79. The van der Waals surface area contributed by atoms with Gasteiger partial charge < -0.3 is 19.9 Å². The van der Waals surface area contributed by atoms with Crippen molar-refractivity contribution in [3.05, 3.63) is 45.1 Å². The molecule has 112 valence electrons. The maximum atomic E-state index is 10.2. The summed E-state index contributed by atoms with van der Waals surface area (Å²) in [6.45, 7) is 5.79. The van der Waals surface area contributed by atoms with E-state index in [4.69, 9.17) is 9.47 Å². The van der Waals surface area contributed by atoms with E-state index < -0.39 is 6.10 Å². The quantitative estimate of drug-likeness (QED) is 0.892. The van der Waals surface area contributed by atoms with Crippen LogP contribution in [0.15, 0.2) is 24.3 Å². The molecule has 2 N–H and O–H groups in total. The van der Waals surface area contributed by atoms with Crippen molar-refractivity contribution in [2.24, 2.45) is 0 Å². The monoisotopic (exact) mass is 305 g/mol. The lowest BCUT2D eigenvalue weighted by atomic mass is 10.1. The van der Waals surface area contributed by atoms with Crippen LogP contribution < -0.4 is 14.8 Å². The minimum atomic E-state index is -0.554. The maximum Gasteiger partial charge on any atom is 0.231 e. The predicted molar refractivity (Wildman–Crippen MR) is 83.0 cm³/mol. The van der Waals surface area contributed by atoms with Gasteiger partial charge in [0.25, 0.3) is 0 Å². The third-order valence-electron chi connectivity index (χ3n) is 3.64. The summed E-state index contributed by atoms with van der Waals surface area (Å²) in [6, 6.07) is 7.75. The van der Waals surface area contributed by atoms with Crippen LogP contribution >= 0.6 is 11.3 Å². The van der Waals surface area contributed by atoms with Crippen molar-refractivity contribution >= 4 is 11.3 Å². The molecule has 1 aliphatic rings. The van der Waals surface area contributed by atoms with Gasteiger partial charge in [0, 0.05) is 22.8 Å². The van der Waals surface area contributed by atoms with Crippen molar-refractivity contribution in [1.82, 2.24) is 5.32 Å². The molecule has 1 unspecified atom stereocenters. The van der Waals surface area contributed by atoms with Gasteiger partial charge in [0.05, 0.1) is 6.10 Å². The van der Waals surface area contributed by atoms with E-state index in [1.807, 2.05) is 18.2 Å². The predicted octanol–water partition coefficient (Wildman–Crippen LogP) is 2.92. The molecule has 3 rings (SSSR count). The Morgan fingerprint density at radius 2 is 2.05 bits per heavy atom. The lowest BCUT2D eigenvalue weighted by Crippen LogP contribution is -2.20. The molecule has 1 aromatic carbocycles. The molecule has 0 radical (unpaired) electrons. The highest BCUT2D eigenvalue weighted by molar-refractivity contribution is 7.12. The second kappa shape index (κ2) is 6.05. The van der Waals surface area contributed by atoms with Gasteiger partial charge >= 0.3 is 0 Å². The van der Waals surface area contributed by atoms with Crippen LogP contribution in [0.4, 0.5) is 0 Å². The number of aliphatic hydroxyl groups excluding tert-OH is 1. The number of nitrogens with one attached hydrogen (secondary N) is 1. The number of rotatable bonds is 5. The van der Waals surface area contributed by atoms with Crippen LogP contribution in [0.2, 0.25) is 0 Å². The minimum Gasteiger partial charge on any atom is -0.454 e.